The van der Waals surface area contributed by atoms with Gasteiger partial charge in [-0.25, -0.2) is 0 Å². The molecule has 0 bridgehead atoms. The third-order valence-corrected chi connectivity index (χ3v) is 3.96. The zero-order chi connectivity index (χ0) is 15.1. The first kappa shape index (κ1) is 16.9. The highest BCUT2D eigenvalue weighted by molar-refractivity contribution is 7.86. The lowest BCUT2D eigenvalue weighted by atomic mass is 10.3. The van der Waals surface area contributed by atoms with Crippen molar-refractivity contribution in [1.29, 1.82) is 0 Å². The van der Waals surface area contributed by atoms with Crippen LogP contribution in [0.1, 0.15) is 6.92 Å². The molecule has 0 saturated heterocycles. The first-order valence-corrected chi connectivity index (χ1v) is 7.92. The van der Waals surface area contributed by atoms with E-state index in [4.69, 9.17) is 23.2 Å². The van der Waals surface area contributed by atoms with Crippen LogP contribution in [-0.2, 0) is 25.1 Å². The van der Waals surface area contributed by atoms with Crippen LogP contribution in [-0.4, -0.2) is 34.2 Å². The molecule has 0 heterocycles. The van der Waals surface area contributed by atoms with E-state index in [-0.39, 0.29) is 18.1 Å². The van der Waals surface area contributed by atoms with Gasteiger partial charge in [-0.2, -0.15) is 0 Å². The van der Waals surface area contributed by atoms with Crippen LogP contribution in [0.25, 0.3) is 0 Å². The van der Waals surface area contributed by atoms with E-state index in [0.29, 0.717) is 15.7 Å². The largest absolute Gasteiger partial charge is 0.465 e. The quantitative estimate of drug-likeness (QED) is 0.808. The summed E-state index contributed by atoms with van der Waals surface area (Å²) in [4.78, 5) is 22.7. The molecular weight excluding hydrogens is 325 g/mol. The van der Waals surface area contributed by atoms with Crippen molar-refractivity contribution in [3.8, 4) is 0 Å². The summed E-state index contributed by atoms with van der Waals surface area (Å²) >= 11 is 11.5. The minimum absolute atomic E-state index is 0.214. The van der Waals surface area contributed by atoms with Crippen molar-refractivity contribution in [3.63, 3.8) is 0 Å². The Bertz CT molecular complexity index is 536. The lowest BCUT2D eigenvalue weighted by Gasteiger charge is -2.06. The number of halogens is 2. The topological polar surface area (TPSA) is 72.5 Å². The van der Waals surface area contributed by atoms with Crippen molar-refractivity contribution in [1.82, 2.24) is 0 Å². The molecule has 0 aromatic heterocycles. The Kier molecular flexibility index (Phi) is 6.98. The first-order chi connectivity index (χ1) is 9.42. The second kappa shape index (κ2) is 8.24. The normalized spacial score (nSPS) is 11.8. The molecule has 0 aliphatic carbocycles. The molecule has 1 atom stereocenters. The Balaban J connectivity index is 2.49. The Labute approximate surface area is 129 Å². The number of hydrogen-bond donors (Lipinski definition) is 1. The zero-order valence-corrected chi connectivity index (χ0v) is 13.0. The molecule has 1 aromatic rings. The number of carbonyl (C=O) groups is 2. The highest BCUT2D eigenvalue weighted by atomic mass is 35.5. The summed E-state index contributed by atoms with van der Waals surface area (Å²) in [6.45, 7) is 1.86. The first-order valence-electron chi connectivity index (χ1n) is 5.68. The number of esters is 1. The summed E-state index contributed by atoms with van der Waals surface area (Å²) in [6, 6.07) is 4.59. The Hall–Kier alpha value is -1.11. The van der Waals surface area contributed by atoms with Crippen molar-refractivity contribution >= 4 is 51.6 Å². The minimum atomic E-state index is -1.61. The molecule has 1 N–H and O–H groups in total. The molecule has 1 aromatic carbocycles. The Morgan fingerprint density at radius 3 is 2.55 bits per heavy atom. The number of rotatable bonds is 6. The maximum atomic E-state index is 11.6. The van der Waals surface area contributed by atoms with Gasteiger partial charge in [-0.1, -0.05) is 23.2 Å². The summed E-state index contributed by atoms with van der Waals surface area (Å²) in [5.74, 6) is -1.67. The molecule has 110 valence electrons. The van der Waals surface area contributed by atoms with Crippen molar-refractivity contribution in [2.45, 2.75) is 6.92 Å². The van der Waals surface area contributed by atoms with Gasteiger partial charge in [0.25, 0.3) is 0 Å². The molecular formula is C12H13Cl2NO4S. The van der Waals surface area contributed by atoms with Crippen LogP contribution in [0.4, 0.5) is 5.69 Å². The number of hydrogen-bond acceptors (Lipinski definition) is 4. The second-order valence-corrected chi connectivity index (χ2v) is 5.98. The molecule has 0 aliphatic heterocycles. The molecule has 0 saturated carbocycles. The van der Waals surface area contributed by atoms with Crippen LogP contribution in [0.2, 0.25) is 10.0 Å². The van der Waals surface area contributed by atoms with Gasteiger partial charge in [0.1, 0.15) is 11.5 Å². The zero-order valence-electron chi connectivity index (χ0n) is 10.7. The average molecular weight is 338 g/mol. The van der Waals surface area contributed by atoms with E-state index in [1.54, 1.807) is 13.0 Å². The molecule has 0 aliphatic rings. The van der Waals surface area contributed by atoms with E-state index >= 15 is 0 Å². The summed E-state index contributed by atoms with van der Waals surface area (Å²) < 4.78 is 16.2. The molecule has 1 amide bonds. The summed E-state index contributed by atoms with van der Waals surface area (Å²) in [5.41, 5.74) is 0.442. The van der Waals surface area contributed by atoms with Crippen LogP contribution < -0.4 is 5.32 Å². The van der Waals surface area contributed by atoms with Gasteiger partial charge in [0, 0.05) is 16.5 Å². The predicted octanol–water partition coefficient (Wildman–Crippen LogP) is 2.24. The Morgan fingerprint density at radius 2 is 1.95 bits per heavy atom. The van der Waals surface area contributed by atoms with E-state index in [1.165, 1.54) is 12.1 Å². The van der Waals surface area contributed by atoms with Gasteiger partial charge >= 0.3 is 5.97 Å². The number of anilines is 1. The predicted molar refractivity (Wildman–Crippen MR) is 79.6 cm³/mol. The van der Waals surface area contributed by atoms with E-state index in [9.17, 15) is 13.8 Å². The molecule has 0 radical (unpaired) electrons. The molecule has 1 unspecified atom stereocenters. The monoisotopic (exact) mass is 337 g/mol. The van der Waals surface area contributed by atoms with Gasteiger partial charge in [-0.3, -0.25) is 13.8 Å². The highest BCUT2D eigenvalue weighted by Gasteiger charge is 2.13. The maximum Gasteiger partial charge on any atom is 0.318 e. The van der Waals surface area contributed by atoms with Crippen LogP contribution in [0.15, 0.2) is 18.2 Å². The van der Waals surface area contributed by atoms with E-state index in [2.05, 4.69) is 10.1 Å². The SMILES string of the molecule is CCOC(=O)CS(=O)CC(=O)Nc1ccc(Cl)c(Cl)c1. The number of nitrogens with one attached hydrogen (secondary N) is 1. The van der Waals surface area contributed by atoms with Gasteiger partial charge in [-0.05, 0) is 25.1 Å². The Morgan fingerprint density at radius 1 is 1.25 bits per heavy atom. The van der Waals surface area contributed by atoms with Gasteiger partial charge < -0.3 is 10.1 Å². The van der Waals surface area contributed by atoms with Crippen LogP contribution in [0, 0.1) is 0 Å². The smallest absolute Gasteiger partial charge is 0.318 e. The second-order valence-electron chi connectivity index (χ2n) is 3.71. The molecule has 5 nitrogen and oxygen atoms in total. The van der Waals surface area contributed by atoms with Crippen molar-refractivity contribution in [2.24, 2.45) is 0 Å². The van der Waals surface area contributed by atoms with E-state index in [0.717, 1.165) is 0 Å². The lowest BCUT2D eigenvalue weighted by Crippen LogP contribution is -2.24. The number of carbonyl (C=O) groups excluding carboxylic acids is 2. The highest BCUT2D eigenvalue weighted by Crippen LogP contribution is 2.24. The minimum Gasteiger partial charge on any atom is -0.465 e. The van der Waals surface area contributed by atoms with Gasteiger partial charge in [0.15, 0.2) is 0 Å². The van der Waals surface area contributed by atoms with Gasteiger partial charge in [-0.15, -0.1) is 0 Å². The third kappa shape index (κ3) is 5.90. The summed E-state index contributed by atoms with van der Waals surface area (Å²) in [5, 5.41) is 3.19. The summed E-state index contributed by atoms with van der Waals surface area (Å²) in [6.07, 6.45) is 0. The average Bonchev–Trinajstić information content (AvgIpc) is 2.33. The lowest BCUT2D eigenvalue weighted by molar-refractivity contribution is -0.139. The molecule has 0 fully saturated rings. The molecule has 20 heavy (non-hydrogen) atoms. The maximum absolute atomic E-state index is 11.6. The van der Waals surface area contributed by atoms with Crippen molar-refractivity contribution in [2.75, 3.05) is 23.4 Å². The number of amides is 1. The van der Waals surface area contributed by atoms with Gasteiger partial charge in [0.05, 0.1) is 16.7 Å². The van der Waals surface area contributed by atoms with E-state index in [1.807, 2.05) is 0 Å². The molecule has 0 spiro atoms. The molecule has 8 heteroatoms. The van der Waals surface area contributed by atoms with E-state index < -0.39 is 22.7 Å². The van der Waals surface area contributed by atoms with Crippen molar-refractivity contribution < 1.29 is 18.5 Å². The fraction of sp³-hybridized carbons (Fsp3) is 0.333. The fourth-order valence-electron chi connectivity index (χ4n) is 1.30. The third-order valence-electron chi connectivity index (χ3n) is 2.08. The van der Waals surface area contributed by atoms with Crippen LogP contribution in [0.3, 0.4) is 0 Å². The fourth-order valence-corrected chi connectivity index (χ4v) is 2.41. The standard InChI is InChI=1S/C12H13Cl2NO4S/c1-2-19-12(17)7-20(18)6-11(16)15-8-3-4-9(13)10(14)5-8/h3-5H,2,6-7H2,1H3,(H,15,16). The summed E-state index contributed by atoms with van der Waals surface area (Å²) in [7, 11) is -1.61. The van der Waals surface area contributed by atoms with Crippen molar-refractivity contribution in [3.05, 3.63) is 28.2 Å². The molecule has 1 rings (SSSR count). The van der Waals surface area contributed by atoms with Gasteiger partial charge in [0.2, 0.25) is 5.91 Å². The van der Waals surface area contributed by atoms with Crippen LogP contribution >= 0.6 is 23.2 Å². The number of ether oxygens (including phenoxy) is 1. The number of benzene rings is 1. The van der Waals surface area contributed by atoms with Crippen LogP contribution in [0.5, 0.6) is 0 Å².